The molecular formula is C19H25N3O4. The Bertz CT molecular complexity index is 699. The Balaban J connectivity index is 1.75. The zero-order valence-corrected chi connectivity index (χ0v) is 15.4. The van der Waals surface area contributed by atoms with Crippen molar-refractivity contribution >= 4 is 23.3 Å². The average molecular weight is 359 g/mol. The fourth-order valence-electron chi connectivity index (χ4n) is 3.10. The van der Waals surface area contributed by atoms with Crippen molar-refractivity contribution < 1.29 is 19.1 Å². The highest BCUT2D eigenvalue weighted by atomic mass is 16.7. The van der Waals surface area contributed by atoms with Crippen molar-refractivity contribution in [3.05, 3.63) is 36.0 Å². The van der Waals surface area contributed by atoms with Crippen LogP contribution in [0, 0.1) is 0 Å². The van der Waals surface area contributed by atoms with Crippen LogP contribution in [0.4, 0.5) is 11.4 Å². The molecule has 1 aromatic carbocycles. The molecule has 7 nitrogen and oxygen atoms in total. The van der Waals surface area contributed by atoms with Crippen LogP contribution in [-0.2, 0) is 19.1 Å². The number of nitrogens with zero attached hydrogens (tertiary/aromatic N) is 2. The smallest absolute Gasteiger partial charge is 0.350 e. The quantitative estimate of drug-likeness (QED) is 0.501. The molecule has 0 radical (unpaired) electrons. The lowest BCUT2D eigenvalue weighted by Crippen LogP contribution is -2.46. The van der Waals surface area contributed by atoms with Gasteiger partial charge in [0, 0.05) is 46.2 Å². The van der Waals surface area contributed by atoms with Gasteiger partial charge in [0.25, 0.3) is 5.79 Å². The first-order chi connectivity index (χ1) is 12.4. The monoisotopic (exact) mass is 359 g/mol. The Labute approximate surface area is 153 Å². The van der Waals surface area contributed by atoms with Gasteiger partial charge in [0.2, 0.25) is 0 Å². The van der Waals surface area contributed by atoms with E-state index >= 15 is 0 Å². The molecule has 140 valence electrons. The Hall–Kier alpha value is -2.54. The zero-order chi connectivity index (χ0) is 18.7. The summed E-state index contributed by atoms with van der Waals surface area (Å²) in [5.74, 6) is -2.61. The number of benzene rings is 1. The molecule has 3 rings (SSSR count). The fraction of sp³-hybridized carbons (Fsp3) is 0.474. The summed E-state index contributed by atoms with van der Waals surface area (Å²) < 4.78 is 10.2. The molecular weight excluding hydrogens is 334 g/mol. The molecule has 0 unspecified atom stereocenters. The highest BCUT2D eigenvalue weighted by Crippen LogP contribution is 2.28. The Kier molecular flexibility index (Phi) is 5.18. The number of hydrogen-bond acceptors (Lipinski definition) is 7. The highest BCUT2D eigenvalue weighted by molar-refractivity contribution is 6.15. The second kappa shape index (κ2) is 7.37. The van der Waals surface area contributed by atoms with Gasteiger partial charge in [-0.15, -0.1) is 0 Å². The summed E-state index contributed by atoms with van der Waals surface area (Å²) in [5.41, 5.74) is 1.73. The van der Waals surface area contributed by atoms with E-state index in [9.17, 15) is 9.59 Å². The molecule has 2 aliphatic heterocycles. The molecule has 2 fully saturated rings. The van der Waals surface area contributed by atoms with Crippen molar-refractivity contribution in [3.8, 4) is 0 Å². The lowest BCUT2D eigenvalue weighted by atomic mass is 10.2. The first-order valence-electron chi connectivity index (χ1n) is 8.89. The number of likely N-dealkylation sites (N-methyl/N-ethyl adjacent to an activating group) is 1. The second-order valence-corrected chi connectivity index (χ2v) is 6.82. The summed E-state index contributed by atoms with van der Waals surface area (Å²) in [7, 11) is 0. The highest BCUT2D eigenvalue weighted by Gasteiger charge is 2.39. The molecule has 2 saturated heterocycles. The van der Waals surface area contributed by atoms with Crippen LogP contribution in [0.1, 0.15) is 20.8 Å². The second-order valence-electron chi connectivity index (χ2n) is 6.82. The van der Waals surface area contributed by atoms with Gasteiger partial charge in [-0.05, 0) is 18.7 Å². The van der Waals surface area contributed by atoms with Gasteiger partial charge in [0.1, 0.15) is 0 Å². The molecule has 0 amide bonds. The molecule has 1 N–H and O–H groups in total. The fourth-order valence-corrected chi connectivity index (χ4v) is 3.10. The van der Waals surface area contributed by atoms with E-state index < -0.39 is 17.7 Å². The van der Waals surface area contributed by atoms with Crippen LogP contribution in [0.3, 0.4) is 0 Å². The van der Waals surface area contributed by atoms with E-state index in [2.05, 4.69) is 22.0 Å². The topological polar surface area (TPSA) is 71.1 Å². The minimum absolute atomic E-state index is 0.144. The summed E-state index contributed by atoms with van der Waals surface area (Å²) in [6, 6.07) is 7.84. The van der Waals surface area contributed by atoms with Crippen LogP contribution in [0.2, 0.25) is 0 Å². The van der Waals surface area contributed by atoms with Gasteiger partial charge < -0.3 is 24.6 Å². The van der Waals surface area contributed by atoms with E-state index in [1.54, 1.807) is 0 Å². The number of piperazine rings is 1. The SMILES string of the molecule is CCN1CCN(c2ccccc2NC=C2C(=O)OC(C)(C)OC2=O)CC1. The van der Waals surface area contributed by atoms with Crippen LogP contribution in [0.5, 0.6) is 0 Å². The van der Waals surface area contributed by atoms with Gasteiger partial charge in [-0.2, -0.15) is 0 Å². The minimum atomic E-state index is -1.23. The molecule has 0 aromatic heterocycles. The number of hydrogen-bond donors (Lipinski definition) is 1. The van der Waals surface area contributed by atoms with E-state index in [-0.39, 0.29) is 5.57 Å². The maximum absolute atomic E-state index is 12.1. The third-order valence-electron chi connectivity index (χ3n) is 4.55. The zero-order valence-electron chi connectivity index (χ0n) is 15.4. The number of rotatable bonds is 4. The van der Waals surface area contributed by atoms with Gasteiger partial charge in [0.15, 0.2) is 5.57 Å². The standard InChI is InChI=1S/C19H25N3O4/c1-4-21-9-11-22(12-10-21)16-8-6-5-7-15(16)20-13-14-17(23)25-19(2,3)26-18(14)24/h5-8,13,20H,4,9-12H2,1-3H3. The van der Waals surface area contributed by atoms with Crippen LogP contribution in [-0.4, -0.2) is 55.3 Å². The maximum atomic E-state index is 12.1. The lowest BCUT2D eigenvalue weighted by molar-refractivity contribution is -0.222. The molecule has 1 aromatic rings. The van der Waals surface area contributed by atoms with Gasteiger partial charge in [0.05, 0.1) is 11.4 Å². The Morgan fingerprint density at radius 1 is 1.08 bits per heavy atom. The number of para-hydroxylation sites is 2. The van der Waals surface area contributed by atoms with Gasteiger partial charge in [-0.1, -0.05) is 19.1 Å². The molecule has 0 aliphatic carbocycles. The van der Waals surface area contributed by atoms with Crippen molar-refractivity contribution in [1.82, 2.24) is 4.90 Å². The van der Waals surface area contributed by atoms with Crippen molar-refractivity contribution in [2.75, 3.05) is 42.9 Å². The normalized spacial score (nSPS) is 20.4. The number of esters is 2. The lowest BCUT2D eigenvalue weighted by Gasteiger charge is -2.36. The predicted octanol–water partition coefficient (Wildman–Crippen LogP) is 1.96. The number of ether oxygens (including phenoxy) is 2. The first kappa shape index (κ1) is 18.3. The van der Waals surface area contributed by atoms with E-state index in [1.807, 2.05) is 24.3 Å². The molecule has 7 heteroatoms. The summed E-state index contributed by atoms with van der Waals surface area (Å²) in [5, 5.41) is 3.07. The minimum Gasteiger partial charge on any atom is -0.419 e. The molecule has 26 heavy (non-hydrogen) atoms. The molecule has 0 saturated carbocycles. The van der Waals surface area contributed by atoms with Gasteiger partial charge in [-0.25, -0.2) is 9.59 Å². The molecule has 2 heterocycles. The first-order valence-corrected chi connectivity index (χ1v) is 8.89. The van der Waals surface area contributed by atoms with E-state index in [0.717, 1.165) is 44.1 Å². The van der Waals surface area contributed by atoms with E-state index in [1.165, 1.54) is 20.0 Å². The van der Waals surface area contributed by atoms with Crippen LogP contribution < -0.4 is 10.2 Å². The summed E-state index contributed by atoms with van der Waals surface area (Å²) in [4.78, 5) is 28.8. The Morgan fingerprint density at radius 2 is 1.69 bits per heavy atom. The summed E-state index contributed by atoms with van der Waals surface area (Å²) in [6.07, 6.45) is 1.36. The largest absolute Gasteiger partial charge is 0.419 e. The predicted molar refractivity (Wildman–Crippen MR) is 98.7 cm³/mol. The van der Waals surface area contributed by atoms with Crippen LogP contribution >= 0.6 is 0 Å². The molecule has 0 bridgehead atoms. The van der Waals surface area contributed by atoms with Gasteiger partial charge in [-0.3, -0.25) is 0 Å². The number of nitrogens with one attached hydrogen (secondary N) is 1. The van der Waals surface area contributed by atoms with Crippen molar-refractivity contribution in [2.45, 2.75) is 26.6 Å². The van der Waals surface area contributed by atoms with Gasteiger partial charge >= 0.3 is 11.9 Å². The summed E-state index contributed by atoms with van der Waals surface area (Å²) >= 11 is 0. The number of carbonyl (C=O) groups is 2. The maximum Gasteiger partial charge on any atom is 0.350 e. The molecule has 0 atom stereocenters. The van der Waals surface area contributed by atoms with Crippen molar-refractivity contribution in [3.63, 3.8) is 0 Å². The number of cyclic esters (lactones) is 2. The van der Waals surface area contributed by atoms with Crippen molar-refractivity contribution in [2.24, 2.45) is 0 Å². The summed E-state index contributed by atoms with van der Waals surface area (Å²) in [6.45, 7) is 10.2. The van der Waals surface area contributed by atoms with E-state index in [0.29, 0.717) is 0 Å². The Morgan fingerprint density at radius 3 is 2.31 bits per heavy atom. The third kappa shape index (κ3) is 3.99. The van der Waals surface area contributed by atoms with Crippen LogP contribution in [0.15, 0.2) is 36.0 Å². The molecule has 2 aliphatic rings. The average Bonchev–Trinajstić information content (AvgIpc) is 2.60. The van der Waals surface area contributed by atoms with E-state index in [4.69, 9.17) is 9.47 Å². The molecule has 0 spiro atoms. The van der Waals surface area contributed by atoms with Crippen LogP contribution in [0.25, 0.3) is 0 Å². The number of anilines is 2. The third-order valence-corrected chi connectivity index (χ3v) is 4.55. The number of carbonyl (C=O) groups excluding carboxylic acids is 2. The van der Waals surface area contributed by atoms with Crippen molar-refractivity contribution in [1.29, 1.82) is 0 Å².